The van der Waals surface area contributed by atoms with E-state index in [2.05, 4.69) is 20.6 Å². The lowest BCUT2D eigenvalue weighted by Gasteiger charge is -2.12. The molecule has 0 spiro atoms. The molecule has 0 atom stereocenters. The normalized spacial score (nSPS) is 10.4. The average Bonchev–Trinajstić information content (AvgIpc) is 3.01. The van der Waals surface area contributed by atoms with Crippen molar-refractivity contribution in [3.63, 3.8) is 0 Å². The predicted octanol–water partition coefficient (Wildman–Crippen LogP) is 2.76. The Hall–Kier alpha value is -2.87. The van der Waals surface area contributed by atoms with Crippen molar-refractivity contribution in [1.29, 1.82) is 0 Å². The number of rotatable bonds is 6. The summed E-state index contributed by atoms with van der Waals surface area (Å²) in [7, 11) is 3.23. The van der Waals surface area contributed by atoms with Crippen molar-refractivity contribution >= 4 is 12.2 Å². The van der Waals surface area contributed by atoms with Crippen molar-refractivity contribution in [2.75, 3.05) is 19.6 Å². The van der Waals surface area contributed by atoms with Crippen LogP contribution in [0.25, 0.3) is 11.4 Å². The van der Waals surface area contributed by atoms with Crippen LogP contribution < -0.4 is 14.9 Å². The zero-order valence-electron chi connectivity index (χ0n) is 13.3. The van der Waals surface area contributed by atoms with Gasteiger partial charge in [0.25, 0.3) is 0 Å². The first-order chi connectivity index (χ1) is 11.7. The van der Waals surface area contributed by atoms with Crippen LogP contribution in [0.2, 0.25) is 0 Å². The van der Waals surface area contributed by atoms with Crippen LogP contribution in [0, 0.1) is 4.77 Å². The minimum atomic E-state index is 0.488. The highest BCUT2D eigenvalue weighted by atomic mass is 32.1. The number of nitrogens with one attached hydrogen (secondary N) is 2. The molecule has 0 aliphatic rings. The van der Waals surface area contributed by atoms with Gasteiger partial charge in [-0.25, -0.2) is 9.77 Å². The monoisotopic (exact) mass is 343 g/mol. The molecule has 0 saturated heterocycles. The van der Waals surface area contributed by atoms with E-state index >= 15 is 0 Å². The fraction of sp³-hybridized carbons (Fsp3) is 0.188. The van der Waals surface area contributed by atoms with E-state index < -0.39 is 0 Å². The number of pyridine rings is 1. The number of nitrogens with zero attached hydrogens (tertiary/aromatic N) is 3. The molecule has 7 nitrogen and oxygen atoms in total. The van der Waals surface area contributed by atoms with Gasteiger partial charge < -0.3 is 14.9 Å². The van der Waals surface area contributed by atoms with E-state index in [4.69, 9.17) is 21.7 Å². The Bertz CT molecular complexity index is 876. The first-order valence-electron chi connectivity index (χ1n) is 7.25. The average molecular weight is 343 g/mol. The maximum Gasteiger partial charge on any atom is 0.214 e. The first kappa shape index (κ1) is 16.0. The third-order valence-corrected chi connectivity index (χ3v) is 3.77. The van der Waals surface area contributed by atoms with Crippen LogP contribution in [-0.4, -0.2) is 34.1 Å². The van der Waals surface area contributed by atoms with Gasteiger partial charge in [0.1, 0.15) is 0 Å². The molecule has 0 unspecified atom stereocenters. The lowest BCUT2D eigenvalue weighted by molar-refractivity contribution is 0.354. The highest BCUT2D eigenvalue weighted by Gasteiger charge is 2.09. The molecule has 0 bridgehead atoms. The maximum atomic E-state index is 5.33. The summed E-state index contributed by atoms with van der Waals surface area (Å²) in [6.07, 6.45) is 3.43. The van der Waals surface area contributed by atoms with Gasteiger partial charge in [-0.2, -0.15) is 5.10 Å². The van der Waals surface area contributed by atoms with Crippen molar-refractivity contribution in [3.05, 3.63) is 53.1 Å². The third-order valence-electron chi connectivity index (χ3n) is 3.50. The number of hydrogen-bond donors (Lipinski definition) is 2. The number of H-pyrrole nitrogens is 1. The Morgan fingerprint density at radius 2 is 1.88 bits per heavy atom. The number of benzene rings is 1. The van der Waals surface area contributed by atoms with Gasteiger partial charge in [0.15, 0.2) is 17.3 Å². The Labute approximate surface area is 144 Å². The van der Waals surface area contributed by atoms with E-state index in [1.807, 2.05) is 30.3 Å². The molecule has 2 heterocycles. The van der Waals surface area contributed by atoms with Crippen LogP contribution in [0.3, 0.4) is 0 Å². The summed E-state index contributed by atoms with van der Waals surface area (Å²) in [4.78, 5) is 4.02. The number of hydrogen-bond acceptors (Lipinski definition) is 6. The molecule has 3 rings (SSSR count). The van der Waals surface area contributed by atoms with Gasteiger partial charge in [-0.1, -0.05) is 6.07 Å². The smallest absolute Gasteiger partial charge is 0.214 e. The second-order valence-corrected chi connectivity index (χ2v) is 5.33. The van der Waals surface area contributed by atoms with Crippen molar-refractivity contribution in [2.24, 2.45) is 0 Å². The molecule has 0 fully saturated rings. The lowest BCUT2D eigenvalue weighted by Crippen LogP contribution is -2.16. The predicted molar refractivity (Wildman–Crippen MR) is 93.3 cm³/mol. The molecule has 2 N–H and O–H groups in total. The fourth-order valence-electron chi connectivity index (χ4n) is 2.30. The van der Waals surface area contributed by atoms with Gasteiger partial charge in [0, 0.05) is 18.0 Å². The zero-order valence-corrected chi connectivity index (χ0v) is 14.1. The molecule has 1 aromatic carbocycles. The van der Waals surface area contributed by atoms with Gasteiger partial charge in [-0.05, 0) is 42.0 Å². The van der Waals surface area contributed by atoms with Crippen LogP contribution in [0.1, 0.15) is 5.56 Å². The van der Waals surface area contributed by atoms with E-state index in [0.29, 0.717) is 28.6 Å². The summed E-state index contributed by atoms with van der Waals surface area (Å²) in [6.45, 7) is 0.548. The van der Waals surface area contributed by atoms with Crippen LogP contribution in [-0.2, 0) is 6.54 Å². The van der Waals surface area contributed by atoms with E-state index in [9.17, 15) is 0 Å². The SMILES string of the molecule is COc1ccc(CNn2c(-c3ccncc3)n[nH]c2=S)cc1OC. The molecule has 2 aromatic heterocycles. The van der Waals surface area contributed by atoms with E-state index in [1.54, 1.807) is 31.3 Å². The van der Waals surface area contributed by atoms with Crippen LogP contribution in [0.15, 0.2) is 42.7 Å². The minimum absolute atomic E-state index is 0.488. The highest BCUT2D eigenvalue weighted by Crippen LogP contribution is 2.27. The minimum Gasteiger partial charge on any atom is -0.493 e. The highest BCUT2D eigenvalue weighted by molar-refractivity contribution is 7.71. The van der Waals surface area contributed by atoms with E-state index in [1.165, 1.54) is 0 Å². The molecular weight excluding hydrogens is 326 g/mol. The molecule has 0 aliphatic carbocycles. The molecule has 24 heavy (non-hydrogen) atoms. The van der Waals surface area contributed by atoms with Gasteiger partial charge in [-0.3, -0.25) is 4.98 Å². The Morgan fingerprint density at radius 3 is 2.58 bits per heavy atom. The second-order valence-electron chi connectivity index (χ2n) is 4.95. The molecule has 3 aromatic rings. The quantitative estimate of drug-likeness (QED) is 0.670. The topological polar surface area (TPSA) is 77.0 Å². The summed E-state index contributed by atoms with van der Waals surface area (Å²) in [6, 6.07) is 9.50. The number of methoxy groups -OCH3 is 2. The van der Waals surface area contributed by atoms with Crippen LogP contribution in [0.4, 0.5) is 0 Å². The molecule has 0 aliphatic heterocycles. The first-order valence-corrected chi connectivity index (χ1v) is 7.66. The third kappa shape index (κ3) is 3.23. The van der Waals surface area contributed by atoms with Crippen molar-refractivity contribution in [1.82, 2.24) is 19.9 Å². The fourth-order valence-corrected chi connectivity index (χ4v) is 2.50. The summed E-state index contributed by atoms with van der Waals surface area (Å²) >= 11 is 5.30. The second kappa shape index (κ2) is 7.14. The Morgan fingerprint density at radius 1 is 1.12 bits per heavy atom. The standard InChI is InChI=1S/C16H17N5O2S/c1-22-13-4-3-11(9-14(13)23-2)10-18-21-15(19-20-16(21)24)12-5-7-17-8-6-12/h3-9,18H,10H2,1-2H3,(H,20,24). The van der Waals surface area contributed by atoms with Gasteiger partial charge in [0.2, 0.25) is 4.77 Å². The van der Waals surface area contributed by atoms with Crippen molar-refractivity contribution in [3.8, 4) is 22.9 Å². The van der Waals surface area contributed by atoms with Crippen molar-refractivity contribution in [2.45, 2.75) is 6.54 Å². The maximum absolute atomic E-state index is 5.33. The molecule has 124 valence electrons. The Balaban J connectivity index is 1.83. The molecule has 0 amide bonds. The molecular formula is C16H17N5O2S. The summed E-state index contributed by atoms with van der Waals surface area (Å²) in [5.74, 6) is 2.07. The summed E-state index contributed by atoms with van der Waals surface area (Å²) < 4.78 is 12.8. The van der Waals surface area contributed by atoms with Gasteiger partial charge in [0.05, 0.1) is 20.8 Å². The van der Waals surface area contributed by atoms with Crippen LogP contribution >= 0.6 is 12.2 Å². The summed E-state index contributed by atoms with van der Waals surface area (Å²) in [5, 5.41) is 7.07. The Kier molecular flexibility index (Phi) is 4.76. The molecule has 8 heteroatoms. The summed E-state index contributed by atoms with van der Waals surface area (Å²) in [5.41, 5.74) is 5.21. The number of aromatic amines is 1. The number of ether oxygens (including phenoxy) is 2. The van der Waals surface area contributed by atoms with E-state index in [0.717, 1.165) is 11.1 Å². The number of aromatic nitrogens is 4. The largest absolute Gasteiger partial charge is 0.493 e. The zero-order chi connectivity index (χ0) is 16.9. The molecule has 0 saturated carbocycles. The van der Waals surface area contributed by atoms with Crippen molar-refractivity contribution < 1.29 is 9.47 Å². The van der Waals surface area contributed by atoms with Gasteiger partial charge >= 0.3 is 0 Å². The molecule has 0 radical (unpaired) electrons. The van der Waals surface area contributed by atoms with Gasteiger partial charge in [-0.15, -0.1) is 0 Å². The van der Waals surface area contributed by atoms with E-state index in [-0.39, 0.29) is 0 Å². The lowest BCUT2D eigenvalue weighted by atomic mass is 10.2. The van der Waals surface area contributed by atoms with Crippen LogP contribution in [0.5, 0.6) is 11.5 Å².